The number of nitrogens with one attached hydrogen (secondary N) is 1. The summed E-state index contributed by atoms with van der Waals surface area (Å²) in [6, 6.07) is 5.62. The second-order valence-electron chi connectivity index (χ2n) is 3.27. The molecule has 0 amide bonds. The molecule has 0 aliphatic heterocycles. The molecule has 0 radical (unpaired) electrons. The number of benzene rings is 1. The molecule has 1 aromatic heterocycles. The zero-order valence-electron chi connectivity index (χ0n) is 8.84. The lowest BCUT2D eigenvalue weighted by Gasteiger charge is -2.06. The van der Waals surface area contributed by atoms with Gasteiger partial charge in [-0.05, 0) is 50.1 Å². The van der Waals surface area contributed by atoms with Crippen molar-refractivity contribution in [3.8, 4) is 11.4 Å². The van der Waals surface area contributed by atoms with E-state index in [9.17, 15) is 0 Å². The van der Waals surface area contributed by atoms with Gasteiger partial charge in [0, 0.05) is 23.3 Å². The molecule has 2 aromatic rings. The molecule has 6 heteroatoms. The maximum atomic E-state index is 6.04. The van der Waals surface area contributed by atoms with Crippen LogP contribution in [0.3, 0.4) is 0 Å². The molecule has 2 rings (SSSR count). The molecule has 0 unspecified atom stereocenters. The van der Waals surface area contributed by atoms with Gasteiger partial charge in [0.15, 0.2) is 5.82 Å². The van der Waals surface area contributed by atoms with Crippen molar-refractivity contribution in [2.24, 2.45) is 0 Å². The van der Waals surface area contributed by atoms with Crippen molar-refractivity contribution >= 4 is 49.3 Å². The predicted molar refractivity (Wildman–Crippen MR) is 77.4 cm³/mol. The van der Waals surface area contributed by atoms with Crippen LogP contribution in [0.5, 0.6) is 0 Å². The van der Waals surface area contributed by atoms with Gasteiger partial charge in [0.05, 0.1) is 9.50 Å². The van der Waals surface area contributed by atoms with Crippen LogP contribution >= 0.6 is 43.5 Å². The topological polar surface area (TPSA) is 37.8 Å². The van der Waals surface area contributed by atoms with Gasteiger partial charge in [0.1, 0.15) is 5.82 Å². The van der Waals surface area contributed by atoms with Gasteiger partial charge >= 0.3 is 0 Å². The molecular weight excluding hydrogens is 369 g/mol. The van der Waals surface area contributed by atoms with Gasteiger partial charge in [-0.3, -0.25) is 0 Å². The lowest BCUT2D eigenvalue weighted by molar-refractivity contribution is 1.15. The van der Waals surface area contributed by atoms with E-state index in [0.717, 1.165) is 20.3 Å². The summed E-state index contributed by atoms with van der Waals surface area (Å²) in [7, 11) is 1.81. The van der Waals surface area contributed by atoms with Crippen molar-refractivity contribution in [2.75, 3.05) is 12.4 Å². The fraction of sp³-hybridized carbons (Fsp3) is 0.0909. The molecular formula is C11H8Br2ClN3. The van der Waals surface area contributed by atoms with Crippen molar-refractivity contribution in [3.63, 3.8) is 0 Å². The lowest BCUT2D eigenvalue weighted by atomic mass is 10.2. The molecule has 0 aliphatic carbocycles. The number of rotatable bonds is 2. The van der Waals surface area contributed by atoms with E-state index in [1.807, 2.05) is 25.2 Å². The number of aromatic nitrogens is 2. The van der Waals surface area contributed by atoms with Crippen LogP contribution in [0, 0.1) is 0 Å². The number of anilines is 1. The number of halogens is 3. The summed E-state index contributed by atoms with van der Waals surface area (Å²) >= 11 is 12.8. The van der Waals surface area contributed by atoms with E-state index in [2.05, 4.69) is 47.1 Å². The number of hydrogen-bond acceptors (Lipinski definition) is 3. The molecule has 0 atom stereocenters. The van der Waals surface area contributed by atoms with E-state index in [4.69, 9.17) is 11.6 Å². The molecule has 17 heavy (non-hydrogen) atoms. The molecule has 0 spiro atoms. The average Bonchev–Trinajstić information content (AvgIpc) is 2.33. The van der Waals surface area contributed by atoms with Crippen LogP contribution in [-0.4, -0.2) is 17.0 Å². The van der Waals surface area contributed by atoms with Gasteiger partial charge in [0.2, 0.25) is 0 Å². The molecule has 88 valence electrons. The molecule has 3 nitrogen and oxygen atoms in total. The molecule has 1 heterocycles. The smallest absolute Gasteiger partial charge is 0.161 e. The highest BCUT2D eigenvalue weighted by Crippen LogP contribution is 2.28. The monoisotopic (exact) mass is 375 g/mol. The zero-order valence-corrected chi connectivity index (χ0v) is 12.8. The Morgan fingerprint density at radius 2 is 2.00 bits per heavy atom. The Kier molecular flexibility index (Phi) is 4.01. The van der Waals surface area contributed by atoms with Crippen LogP contribution in [-0.2, 0) is 0 Å². The zero-order chi connectivity index (χ0) is 12.4. The van der Waals surface area contributed by atoms with Crippen molar-refractivity contribution < 1.29 is 0 Å². The van der Waals surface area contributed by atoms with Gasteiger partial charge < -0.3 is 5.32 Å². The molecule has 0 aliphatic rings. The summed E-state index contributed by atoms with van der Waals surface area (Å²) in [4.78, 5) is 8.64. The van der Waals surface area contributed by atoms with E-state index in [1.165, 1.54) is 0 Å². The number of hydrogen-bond donors (Lipinski definition) is 1. The summed E-state index contributed by atoms with van der Waals surface area (Å²) in [5.74, 6) is 1.38. The second-order valence-corrected chi connectivity index (χ2v) is 5.38. The Hall–Kier alpha value is -0.650. The largest absolute Gasteiger partial charge is 0.372 e. The van der Waals surface area contributed by atoms with Gasteiger partial charge in [-0.2, -0.15) is 0 Å². The van der Waals surface area contributed by atoms with Crippen LogP contribution in [0.2, 0.25) is 5.02 Å². The van der Waals surface area contributed by atoms with Crippen molar-refractivity contribution in [2.45, 2.75) is 0 Å². The summed E-state index contributed by atoms with van der Waals surface area (Å²) < 4.78 is 1.68. The van der Waals surface area contributed by atoms with Crippen LogP contribution in [0.4, 0.5) is 5.82 Å². The Bertz CT molecular complexity index is 560. The van der Waals surface area contributed by atoms with E-state index in [-0.39, 0.29) is 0 Å². The standard InChI is InChI=1S/C11H8Br2ClN3/c1-15-11-8(13)5-16-10(17-11)6-2-3-7(12)9(14)4-6/h2-5H,1H3,(H,15,16,17). The summed E-state index contributed by atoms with van der Waals surface area (Å²) in [5.41, 5.74) is 0.877. The Balaban J connectivity index is 2.49. The van der Waals surface area contributed by atoms with E-state index in [0.29, 0.717) is 10.8 Å². The van der Waals surface area contributed by atoms with Crippen LogP contribution in [0.1, 0.15) is 0 Å². The summed E-state index contributed by atoms with van der Waals surface area (Å²) in [5, 5.41) is 3.63. The van der Waals surface area contributed by atoms with Gasteiger partial charge in [-0.25, -0.2) is 9.97 Å². The normalized spacial score (nSPS) is 10.4. The first-order chi connectivity index (χ1) is 8.11. The third-order valence-electron chi connectivity index (χ3n) is 2.16. The fourth-order valence-corrected chi connectivity index (χ4v) is 2.13. The van der Waals surface area contributed by atoms with E-state index >= 15 is 0 Å². The van der Waals surface area contributed by atoms with Crippen LogP contribution < -0.4 is 5.32 Å². The third-order valence-corrected chi connectivity index (χ3v) is 3.97. The van der Waals surface area contributed by atoms with Crippen molar-refractivity contribution in [1.29, 1.82) is 0 Å². The van der Waals surface area contributed by atoms with Gasteiger partial charge in [-0.1, -0.05) is 11.6 Å². The highest BCUT2D eigenvalue weighted by atomic mass is 79.9. The number of nitrogens with zero attached hydrogens (tertiary/aromatic N) is 2. The minimum absolute atomic E-state index is 0.631. The molecule has 0 bridgehead atoms. The quantitative estimate of drug-likeness (QED) is 0.845. The Labute approximate surface area is 121 Å². The van der Waals surface area contributed by atoms with Crippen molar-refractivity contribution in [1.82, 2.24) is 9.97 Å². The minimum atomic E-state index is 0.631. The van der Waals surface area contributed by atoms with Crippen LogP contribution in [0.15, 0.2) is 33.3 Å². The van der Waals surface area contributed by atoms with Crippen molar-refractivity contribution in [3.05, 3.63) is 38.4 Å². The molecule has 0 saturated carbocycles. The van der Waals surface area contributed by atoms with Gasteiger partial charge in [0.25, 0.3) is 0 Å². The Morgan fingerprint density at radius 1 is 1.24 bits per heavy atom. The van der Waals surface area contributed by atoms with Crippen LogP contribution in [0.25, 0.3) is 11.4 Å². The third kappa shape index (κ3) is 2.78. The SMILES string of the molecule is CNc1nc(-c2ccc(Br)c(Cl)c2)ncc1Br. The predicted octanol–water partition coefficient (Wildman–Crippen LogP) is 4.36. The fourth-order valence-electron chi connectivity index (χ4n) is 1.32. The Morgan fingerprint density at radius 3 is 2.65 bits per heavy atom. The highest BCUT2D eigenvalue weighted by Gasteiger charge is 2.07. The van der Waals surface area contributed by atoms with E-state index < -0.39 is 0 Å². The molecule has 0 saturated heterocycles. The highest BCUT2D eigenvalue weighted by molar-refractivity contribution is 9.11. The first kappa shape index (κ1) is 12.8. The average molecular weight is 377 g/mol. The summed E-state index contributed by atoms with van der Waals surface area (Å²) in [6.07, 6.45) is 1.71. The first-order valence-corrected chi connectivity index (χ1v) is 6.74. The maximum Gasteiger partial charge on any atom is 0.161 e. The maximum absolute atomic E-state index is 6.04. The van der Waals surface area contributed by atoms with E-state index in [1.54, 1.807) is 6.20 Å². The first-order valence-electron chi connectivity index (χ1n) is 4.77. The lowest BCUT2D eigenvalue weighted by Crippen LogP contribution is -1.97. The van der Waals surface area contributed by atoms with Gasteiger partial charge in [-0.15, -0.1) is 0 Å². The molecule has 1 N–H and O–H groups in total. The molecule has 1 aromatic carbocycles. The minimum Gasteiger partial charge on any atom is -0.372 e. The summed E-state index contributed by atoms with van der Waals surface area (Å²) in [6.45, 7) is 0. The second kappa shape index (κ2) is 5.33. The molecule has 0 fully saturated rings.